The van der Waals surface area contributed by atoms with Gasteiger partial charge in [-0.25, -0.2) is 0 Å². The molecule has 6 heteroatoms. The van der Waals surface area contributed by atoms with Crippen LogP contribution < -0.4 is 4.74 Å². The van der Waals surface area contributed by atoms with Gasteiger partial charge in [0.25, 0.3) is 11.1 Å². The van der Waals surface area contributed by atoms with Crippen molar-refractivity contribution in [3.63, 3.8) is 0 Å². The van der Waals surface area contributed by atoms with E-state index < -0.39 is 0 Å². The van der Waals surface area contributed by atoms with Crippen molar-refractivity contribution in [1.82, 2.24) is 4.90 Å². The van der Waals surface area contributed by atoms with E-state index in [2.05, 4.69) is 15.9 Å². The van der Waals surface area contributed by atoms with Gasteiger partial charge >= 0.3 is 0 Å². The minimum atomic E-state index is -0.163. The van der Waals surface area contributed by atoms with Crippen LogP contribution in [0.5, 0.6) is 5.75 Å². The summed E-state index contributed by atoms with van der Waals surface area (Å²) in [6, 6.07) is 5.69. The molecule has 2 amide bonds. The predicted molar refractivity (Wildman–Crippen MR) is 109 cm³/mol. The highest BCUT2D eigenvalue weighted by Crippen LogP contribution is 2.36. The third-order valence-corrected chi connectivity index (χ3v) is 6.18. The summed E-state index contributed by atoms with van der Waals surface area (Å²) in [5.74, 6) is 1.06. The fraction of sp³-hybridized carbons (Fsp3) is 0.500. The van der Waals surface area contributed by atoms with E-state index in [-0.39, 0.29) is 17.3 Å². The lowest BCUT2D eigenvalue weighted by molar-refractivity contribution is -0.123. The Balaban J connectivity index is 1.72. The predicted octanol–water partition coefficient (Wildman–Crippen LogP) is 5.85. The van der Waals surface area contributed by atoms with E-state index in [4.69, 9.17) is 4.74 Å². The van der Waals surface area contributed by atoms with Crippen LogP contribution >= 0.6 is 27.7 Å². The molecule has 1 saturated carbocycles. The van der Waals surface area contributed by atoms with Crippen LogP contribution in [0.1, 0.15) is 51.5 Å². The van der Waals surface area contributed by atoms with Crippen molar-refractivity contribution in [2.24, 2.45) is 5.92 Å². The first-order valence-electron chi connectivity index (χ1n) is 9.15. The smallest absolute Gasteiger partial charge is 0.293 e. The average Bonchev–Trinajstić information content (AvgIpc) is 2.85. The number of hydrogen-bond donors (Lipinski definition) is 0. The van der Waals surface area contributed by atoms with Gasteiger partial charge in [-0.15, -0.1) is 0 Å². The standard InChI is InChI=1S/C20H24BrNO3S/c1-13(2)25-17-9-8-15(10-16(17)21)11-18-19(23)22(20(24)26-18)12-14-6-4-3-5-7-14/h8-11,13-14H,3-7,12H2,1-2H3/b18-11+. The number of thioether (sulfide) groups is 1. The van der Waals surface area contributed by atoms with Crippen LogP contribution in [0, 0.1) is 5.92 Å². The van der Waals surface area contributed by atoms with Gasteiger partial charge < -0.3 is 4.74 Å². The number of carbonyl (C=O) groups excluding carboxylic acids is 2. The molecule has 1 aromatic carbocycles. The van der Waals surface area contributed by atoms with Gasteiger partial charge in [0.15, 0.2) is 0 Å². The van der Waals surface area contributed by atoms with Gasteiger partial charge in [-0.1, -0.05) is 25.3 Å². The quantitative estimate of drug-likeness (QED) is 0.541. The molecule has 0 N–H and O–H groups in total. The summed E-state index contributed by atoms with van der Waals surface area (Å²) in [6.45, 7) is 4.51. The van der Waals surface area contributed by atoms with Crippen LogP contribution in [0.4, 0.5) is 4.79 Å². The molecule has 140 valence electrons. The third kappa shape index (κ3) is 4.71. The fourth-order valence-electron chi connectivity index (χ4n) is 3.39. The second-order valence-electron chi connectivity index (χ2n) is 7.15. The zero-order valence-electron chi connectivity index (χ0n) is 15.2. The van der Waals surface area contributed by atoms with Crippen molar-refractivity contribution in [1.29, 1.82) is 0 Å². The lowest BCUT2D eigenvalue weighted by Crippen LogP contribution is -2.34. The Morgan fingerprint density at radius 2 is 2.00 bits per heavy atom. The maximum atomic E-state index is 12.7. The van der Waals surface area contributed by atoms with E-state index in [9.17, 15) is 9.59 Å². The molecule has 2 fully saturated rings. The van der Waals surface area contributed by atoms with Gasteiger partial charge in [0.2, 0.25) is 0 Å². The van der Waals surface area contributed by atoms with E-state index in [1.807, 2.05) is 32.0 Å². The van der Waals surface area contributed by atoms with Gasteiger partial charge in [0.05, 0.1) is 15.5 Å². The van der Waals surface area contributed by atoms with Crippen molar-refractivity contribution < 1.29 is 14.3 Å². The molecule has 0 atom stereocenters. The molecular formula is C20H24BrNO3S. The number of rotatable bonds is 5. The highest BCUT2D eigenvalue weighted by molar-refractivity contribution is 9.10. The molecule has 4 nitrogen and oxygen atoms in total. The van der Waals surface area contributed by atoms with Crippen molar-refractivity contribution in [3.05, 3.63) is 33.1 Å². The summed E-state index contributed by atoms with van der Waals surface area (Å²) < 4.78 is 6.54. The van der Waals surface area contributed by atoms with Crippen LogP contribution in [-0.4, -0.2) is 28.7 Å². The fourth-order valence-corrected chi connectivity index (χ4v) is 4.73. The van der Waals surface area contributed by atoms with Crippen molar-refractivity contribution >= 4 is 44.9 Å². The summed E-state index contributed by atoms with van der Waals surface area (Å²) in [4.78, 5) is 26.9. The number of nitrogens with zero attached hydrogens (tertiary/aromatic N) is 1. The summed E-state index contributed by atoms with van der Waals surface area (Å²) in [7, 11) is 0. The number of halogens is 1. The molecule has 3 rings (SSSR count). The number of ether oxygens (including phenoxy) is 1. The first kappa shape index (κ1) is 19.5. The Hall–Kier alpha value is -1.27. The van der Waals surface area contributed by atoms with E-state index in [0.29, 0.717) is 17.4 Å². The minimum absolute atomic E-state index is 0.0911. The largest absolute Gasteiger partial charge is 0.490 e. The number of hydrogen-bond acceptors (Lipinski definition) is 4. The second-order valence-corrected chi connectivity index (χ2v) is 9.00. The van der Waals surface area contributed by atoms with Gasteiger partial charge in [-0.3, -0.25) is 14.5 Å². The first-order valence-corrected chi connectivity index (χ1v) is 10.8. The molecule has 0 aromatic heterocycles. The molecule has 0 bridgehead atoms. The van der Waals surface area contributed by atoms with E-state index in [1.165, 1.54) is 24.2 Å². The molecule has 2 aliphatic rings. The van der Waals surface area contributed by atoms with Crippen LogP contribution in [0.3, 0.4) is 0 Å². The van der Waals surface area contributed by atoms with Crippen molar-refractivity contribution in [3.8, 4) is 5.75 Å². The number of amides is 2. The zero-order valence-corrected chi connectivity index (χ0v) is 17.6. The molecule has 0 unspecified atom stereocenters. The lowest BCUT2D eigenvalue weighted by atomic mass is 9.89. The molecule has 1 heterocycles. The molecule has 1 saturated heterocycles. The van der Waals surface area contributed by atoms with Gasteiger partial charge in [-0.2, -0.15) is 0 Å². The van der Waals surface area contributed by atoms with Crippen LogP contribution in [0.15, 0.2) is 27.6 Å². The summed E-state index contributed by atoms with van der Waals surface area (Å²) >= 11 is 4.54. The van der Waals surface area contributed by atoms with Crippen molar-refractivity contribution in [2.45, 2.75) is 52.1 Å². The maximum absolute atomic E-state index is 12.7. The summed E-state index contributed by atoms with van der Waals surface area (Å²) in [5.41, 5.74) is 0.871. The second kappa shape index (κ2) is 8.61. The van der Waals surface area contributed by atoms with E-state index >= 15 is 0 Å². The summed E-state index contributed by atoms with van der Waals surface area (Å²) in [5, 5.41) is -0.148. The average molecular weight is 438 g/mol. The monoisotopic (exact) mass is 437 g/mol. The Morgan fingerprint density at radius 1 is 1.27 bits per heavy atom. The maximum Gasteiger partial charge on any atom is 0.293 e. The van der Waals surface area contributed by atoms with E-state index in [0.717, 1.165) is 40.4 Å². The van der Waals surface area contributed by atoms with Crippen molar-refractivity contribution in [2.75, 3.05) is 6.54 Å². The van der Waals surface area contributed by atoms with Crippen LogP contribution in [-0.2, 0) is 4.79 Å². The topological polar surface area (TPSA) is 46.6 Å². The molecular weight excluding hydrogens is 414 g/mol. The van der Waals surface area contributed by atoms with Gasteiger partial charge in [0.1, 0.15) is 5.75 Å². The number of carbonyl (C=O) groups is 2. The number of imide groups is 1. The minimum Gasteiger partial charge on any atom is -0.490 e. The molecule has 26 heavy (non-hydrogen) atoms. The molecule has 1 aliphatic heterocycles. The highest BCUT2D eigenvalue weighted by atomic mass is 79.9. The third-order valence-electron chi connectivity index (χ3n) is 4.66. The number of benzene rings is 1. The molecule has 0 spiro atoms. The van der Waals surface area contributed by atoms with Gasteiger partial charge in [-0.05, 0) is 84.1 Å². The summed E-state index contributed by atoms with van der Waals surface area (Å²) in [6.07, 6.45) is 7.79. The SMILES string of the molecule is CC(C)Oc1ccc(/C=C2/SC(=O)N(CC3CCCCC3)C2=O)cc1Br. The lowest BCUT2D eigenvalue weighted by Gasteiger charge is -2.25. The Labute approximate surface area is 167 Å². The van der Waals surface area contributed by atoms with E-state index in [1.54, 1.807) is 6.08 Å². The molecule has 1 aliphatic carbocycles. The van der Waals surface area contributed by atoms with Gasteiger partial charge in [0, 0.05) is 6.54 Å². The Bertz CT molecular complexity index is 726. The zero-order chi connectivity index (χ0) is 18.7. The Morgan fingerprint density at radius 3 is 2.65 bits per heavy atom. The highest BCUT2D eigenvalue weighted by Gasteiger charge is 2.36. The first-order chi connectivity index (χ1) is 12.4. The normalized spacial score (nSPS) is 20.5. The Kier molecular flexibility index (Phi) is 6.46. The molecule has 1 aromatic rings. The molecule has 0 radical (unpaired) electrons. The van der Waals surface area contributed by atoms with Crippen LogP contribution in [0.25, 0.3) is 6.08 Å². The van der Waals surface area contributed by atoms with Crippen LogP contribution in [0.2, 0.25) is 0 Å².